The predicted octanol–water partition coefficient (Wildman–Crippen LogP) is 2.65. The molecule has 192 valence electrons. The summed E-state index contributed by atoms with van der Waals surface area (Å²) in [6, 6.07) is 4.92. The van der Waals surface area contributed by atoms with Gasteiger partial charge in [0.15, 0.2) is 4.90 Å². The highest BCUT2D eigenvalue weighted by Gasteiger charge is 2.32. The second-order valence-corrected chi connectivity index (χ2v) is 12.1. The molecule has 37 heavy (non-hydrogen) atoms. The van der Waals surface area contributed by atoms with Crippen molar-refractivity contribution in [3.8, 4) is 5.88 Å². The summed E-state index contributed by atoms with van der Waals surface area (Å²) < 4.78 is 72.5. The smallest absolute Gasteiger partial charge is 0.267 e. The molecule has 1 aromatic carbocycles. The molecule has 11 nitrogen and oxygen atoms in total. The van der Waals surface area contributed by atoms with Gasteiger partial charge in [-0.15, -0.1) is 0 Å². The third kappa shape index (κ3) is 4.63. The van der Waals surface area contributed by atoms with Gasteiger partial charge < -0.3 is 9.64 Å². The van der Waals surface area contributed by atoms with Crippen molar-refractivity contribution in [2.45, 2.75) is 10.1 Å². The molecule has 1 N–H and O–H groups in total. The fraction of sp³-hybridized carbons (Fsp3) is 0.182. The minimum Gasteiger partial charge on any atom is -0.480 e. The van der Waals surface area contributed by atoms with Crippen molar-refractivity contribution in [3.05, 3.63) is 58.6 Å². The Balaban J connectivity index is 1.57. The molecule has 0 saturated heterocycles. The molecule has 2 aromatic heterocycles. The van der Waals surface area contributed by atoms with Crippen molar-refractivity contribution in [2.75, 3.05) is 36.1 Å². The van der Waals surface area contributed by atoms with Crippen molar-refractivity contribution in [1.82, 2.24) is 15.0 Å². The van der Waals surface area contributed by atoms with Crippen LogP contribution in [-0.4, -0.2) is 64.1 Å². The molecule has 15 heteroatoms. The fourth-order valence-corrected chi connectivity index (χ4v) is 5.84. The Bertz CT molecular complexity index is 1730. The second kappa shape index (κ2) is 9.04. The Kier molecular flexibility index (Phi) is 6.12. The van der Waals surface area contributed by atoms with Crippen molar-refractivity contribution >= 4 is 60.5 Å². The molecule has 5 rings (SSSR count). The van der Waals surface area contributed by atoms with Crippen molar-refractivity contribution < 1.29 is 26.0 Å². The van der Waals surface area contributed by atoms with Crippen LogP contribution < -0.4 is 14.4 Å². The molecule has 4 heterocycles. The molecule has 0 amide bonds. The van der Waals surface area contributed by atoms with Crippen LogP contribution in [-0.2, 0) is 19.9 Å². The Hall–Kier alpha value is -3.62. The zero-order valence-corrected chi connectivity index (χ0v) is 21.7. The number of benzene rings is 1. The average Bonchev–Trinajstić information content (AvgIpc) is 3.34. The number of aliphatic imine (C=N–C) groups is 1. The van der Waals surface area contributed by atoms with Crippen LogP contribution in [0, 0.1) is 5.82 Å². The Morgan fingerprint density at radius 1 is 1.14 bits per heavy atom. The van der Waals surface area contributed by atoms with E-state index in [1.807, 2.05) is 0 Å². The number of hydrogen-bond acceptors (Lipinski definition) is 10. The molecule has 0 saturated carbocycles. The lowest BCUT2D eigenvalue weighted by Crippen LogP contribution is -2.33. The zero-order valence-electron chi connectivity index (χ0n) is 19.3. The number of sulfonamides is 1. The number of nitrogens with one attached hydrogen (secondary N) is 1. The Labute approximate surface area is 216 Å². The lowest BCUT2D eigenvalue weighted by atomic mass is 9.98. The maximum atomic E-state index is 15.1. The number of nitrogens with zero attached hydrogens (tertiary/aromatic N) is 5. The largest absolute Gasteiger partial charge is 0.480 e. The third-order valence-corrected chi connectivity index (χ3v) is 7.96. The van der Waals surface area contributed by atoms with E-state index in [0.29, 0.717) is 35.9 Å². The van der Waals surface area contributed by atoms with E-state index in [0.717, 1.165) is 12.3 Å². The van der Waals surface area contributed by atoms with E-state index in [1.54, 1.807) is 11.0 Å². The number of aromatic nitrogens is 3. The fourth-order valence-electron chi connectivity index (χ4n) is 3.92. The van der Waals surface area contributed by atoms with E-state index in [2.05, 4.69) is 24.7 Å². The molecule has 0 fully saturated rings. The molecule has 2 aliphatic heterocycles. The Morgan fingerprint density at radius 2 is 1.92 bits per heavy atom. The minimum atomic E-state index is -4.21. The molecular formula is C22H18ClFN6O5S2. The number of hydrogen-bond donors (Lipinski definition) is 1. The van der Waals surface area contributed by atoms with Crippen molar-refractivity contribution in [1.29, 1.82) is 0 Å². The van der Waals surface area contributed by atoms with Gasteiger partial charge in [0.1, 0.15) is 17.5 Å². The lowest BCUT2D eigenvalue weighted by Gasteiger charge is -2.27. The first-order chi connectivity index (χ1) is 17.5. The van der Waals surface area contributed by atoms with Crippen LogP contribution in [0.1, 0.15) is 11.1 Å². The van der Waals surface area contributed by atoms with Gasteiger partial charge >= 0.3 is 0 Å². The summed E-state index contributed by atoms with van der Waals surface area (Å²) in [6.07, 6.45) is 5.19. The van der Waals surface area contributed by atoms with Gasteiger partial charge in [-0.05, 0) is 30.3 Å². The molecular weight excluding hydrogens is 547 g/mol. The van der Waals surface area contributed by atoms with Crippen LogP contribution in [0.4, 0.5) is 15.9 Å². The third-order valence-electron chi connectivity index (χ3n) is 5.52. The zero-order chi connectivity index (χ0) is 26.5. The molecule has 0 bridgehead atoms. The number of pyridine rings is 1. The minimum absolute atomic E-state index is 0.0685. The standard InChI is InChI=1S/C22H18ClFN6O5S2/c1-35-21-18(8-13(23)11-26-21)37(33,34)29-14-3-4-17(24)15(9-14)16-7-12-10-27-22(36(2,31)32)28-19(12)30-6-5-25-20(16)30/h3-4,7-11,29H,5-6H2,1-2H3. The maximum Gasteiger partial charge on any atom is 0.267 e. The monoisotopic (exact) mass is 564 g/mol. The molecule has 2 aliphatic rings. The van der Waals surface area contributed by atoms with Gasteiger partial charge in [0.05, 0.1) is 18.7 Å². The number of anilines is 2. The van der Waals surface area contributed by atoms with Gasteiger partial charge in [0, 0.05) is 47.6 Å². The predicted molar refractivity (Wildman–Crippen MR) is 136 cm³/mol. The SMILES string of the molecule is COc1ncc(Cl)cc1S(=O)(=O)Nc1ccc(F)c(C2=Cc3cnc(S(C)(=O)=O)nc3N3CCN=C23)c1. The van der Waals surface area contributed by atoms with Crippen LogP contribution in [0.15, 0.2) is 51.7 Å². The average molecular weight is 565 g/mol. The molecule has 3 aromatic rings. The summed E-state index contributed by atoms with van der Waals surface area (Å²) in [4.78, 5) is 17.8. The molecule has 0 atom stereocenters. The lowest BCUT2D eigenvalue weighted by molar-refractivity contribution is 0.385. The number of methoxy groups -OCH3 is 1. The van der Waals surface area contributed by atoms with E-state index in [1.165, 1.54) is 37.7 Å². The van der Waals surface area contributed by atoms with Crippen LogP contribution in [0.5, 0.6) is 5.88 Å². The molecule has 0 spiro atoms. The van der Waals surface area contributed by atoms with Gasteiger partial charge in [-0.3, -0.25) is 9.71 Å². The van der Waals surface area contributed by atoms with Gasteiger partial charge in [-0.2, -0.15) is 4.98 Å². The van der Waals surface area contributed by atoms with Crippen LogP contribution in [0.3, 0.4) is 0 Å². The Morgan fingerprint density at radius 3 is 2.65 bits per heavy atom. The summed E-state index contributed by atoms with van der Waals surface area (Å²) in [5, 5.41) is -0.240. The number of ether oxygens (including phenoxy) is 1. The topological polar surface area (TPSA) is 144 Å². The van der Waals surface area contributed by atoms with E-state index >= 15 is 4.39 Å². The first kappa shape index (κ1) is 25.0. The van der Waals surface area contributed by atoms with Gasteiger partial charge in [0.25, 0.3) is 10.0 Å². The molecule has 0 aliphatic carbocycles. The van der Waals surface area contributed by atoms with E-state index < -0.39 is 25.7 Å². The summed E-state index contributed by atoms with van der Waals surface area (Å²) in [5.41, 5.74) is 0.962. The van der Waals surface area contributed by atoms with E-state index in [4.69, 9.17) is 16.3 Å². The highest BCUT2D eigenvalue weighted by Crippen LogP contribution is 2.37. The van der Waals surface area contributed by atoms with Crippen molar-refractivity contribution in [2.24, 2.45) is 4.99 Å². The van der Waals surface area contributed by atoms with Gasteiger partial charge in [-0.25, -0.2) is 31.2 Å². The first-order valence-electron chi connectivity index (χ1n) is 10.6. The van der Waals surface area contributed by atoms with Gasteiger partial charge in [0.2, 0.25) is 20.9 Å². The normalized spacial score (nSPS) is 15.0. The number of sulfone groups is 1. The van der Waals surface area contributed by atoms with Crippen LogP contribution in [0.25, 0.3) is 11.6 Å². The summed E-state index contributed by atoms with van der Waals surface area (Å²) in [5.74, 6) is -0.0587. The van der Waals surface area contributed by atoms with Gasteiger partial charge in [-0.1, -0.05) is 11.6 Å². The highest BCUT2D eigenvalue weighted by atomic mass is 35.5. The summed E-state index contributed by atoms with van der Waals surface area (Å²) >= 11 is 5.93. The second-order valence-electron chi connectivity index (χ2n) is 8.08. The van der Waals surface area contributed by atoms with Crippen LogP contribution >= 0.6 is 11.6 Å². The molecule has 0 radical (unpaired) electrons. The van der Waals surface area contributed by atoms with Crippen LogP contribution in [0.2, 0.25) is 5.02 Å². The van der Waals surface area contributed by atoms with E-state index in [9.17, 15) is 16.8 Å². The summed E-state index contributed by atoms with van der Waals surface area (Å²) in [7, 11) is -6.58. The first-order valence-corrected chi connectivity index (χ1v) is 14.4. The number of halogens is 2. The molecule has 0 unspecified atom stereocenters. The summed E-state index contributed by atoms with van der Waals surface area (Å²) in [6.45, 7) is 0.773. The number of amidine groups is 1. The number of rotatable bonds is 6. The van der Waals surface area contributed by atoms with Crippen molar-refractivity contribution in [3.63, 3.8) is 0 Å². The maximum absolute atomic E-state index is 15.1. The highest BCUT2D eigenvalue weighted by molar-refractivity contribution is 7.92. The quantitative estimate of drug-likeness (QED) is 0.447. The van der Waals surface area contributed by atoms with E-state index in [-0.39, 0.29) is 32.2 Å². The number of fused-ring (bicyclic) bond motifs is 3.